The summed E-state index contributed by atoms with van der Waals surface area (Å²) in [6, 6.07) is 0. The van der Waals surface area contributed by atoms with E-state index >= 15 is 0 Å². The minimum absolute atomic E-state index is 0. The van der Waals surface area contributed by atoms with Crippen molar-refractivity contribution in [2.75, 3.05) is 6.54 Å². The second-order valence-electron chi connectivity index (χ2n) is 4.41. The predicted octanol–water partition coefficient (Wildman–Crippen LogP) is 1.99. The molecule has 4 heteroatoms. The molecule has 0 atom stereocenters. The third-order valence-electron chi connectivity index (χ3n) is 3.06. The molecule has 0 spiro atoms. The van der Waals surface area contributed by atoms with Crippen LogP contribution in [0.2, 0.25) is 0 Å². The maximum Gasteiger partial charge on any atom is 0.219 e. The van der Waals surface area contributed by atoms with E-state index in [-0.39, 0.29) is 23.9 Å². The standard InChI is InChI=1S/C11H22N2O.ClH/c1-2-10(14)13-9-11(12)7-5-3-4-6-8-11;/h2-9,12H2,1H3,(H,13,14);1H. The summed E-state index contributed by atoms with van der Waals surface area (Å²) in [5, 5.41) is 2.91. The second-order valence-corrected chi connectivity index (χ2v) is 4.41. The first-order valence-electron chi connectivity index (χ1n) is 5.72. The lowest BCUT2D eigenvalue weighted by Crippen LogP contribution is -2.49. The van der Waals surface area contributed by atoms with Crippen LogP contribution in [0.25, 0.3) is 0 Å². The number of nitrogens with two attached hydrogens (primary N) is 1. The predicted molar refractivity (Wildman–Crippen MR) is 65.2 cm³/mol. The number of halogens is 1. The van der Waals surface area contributed by atoms with Gasteiger partial charge in [0, 0.05) is 18.5 Å². The van der Waals surface area contributed by atoms with Crippen molar-refractivity contribution in [3.05, 3.63) is 0 Å². The molecule has 3 N–H and O–H groups in total. The van der Waals surface area contributed by atoms with Gasteiger partial charge >= 0.3 is 0 Å². The minimum atomic E-state index is -0.138. The zero-order chi connectivity index (χ0) is 10.4. The van der Waals surface area contributed by atoms with Crippen LogP contribution in [-0.4, -0.2) is 18.0 Å². The van der Waals surface area contributed by atoms with Crippen LogP contribution in [0.5, 0.6) is 0 Å². The average Bonchev–Trinajstić information content (AvgIpc) is 2.40. The molecule has 0 saturated heterocycles. The quantitative estimate of drug-likeness (QED) is 0.734. The van der Waals surface area contributed by atoms with Crippen LogP contribution in [0.3, 0.4) is 0 Å². The fourth-order valence-corrected chi connectivity index (χ4v) is 2.01. The maximum atomic E-state index is 11.1. The SMILES string of the molecule is CCC(=O)NCC1(N)CCCCCC1.Cl. The van der Waals surface area contributed by atoms with Gasteiger partial charge in [-0.3, -0.25) is 4.79 Å². The smallest absolute Gasteiger partial charge is 0.219 e. The Labute approximate surface area is 98.6 Å². The fraction of sp³-hybridized carbons (Fsp3) is 0.909. The first kappa shape index (κ1) is 14.7. The molecule has 0 aliphatic heterocycles. The highest BCUT2D eigenvalue weighted by molar-refractivity contribution is 5.85. The summed E-state index contributed by atoms with van der Waals surface area (Å²) in [7, 11) is 0. The molecule has 1 rings (SSSR count). The van der Waals surface area contributed by atoms with Crippen LogP contribution in [0.15, 0.2) is 0 Å². The molecule has 1 amide bonds. The van der Waals surface area contributed by atoms with Crippen molar-refractivity contribution in [1.82, 2.24) is 5.32 Å². The molecule has 1 aliphatic carbocycles. The van der Waals surface area contributed by atoms with Gasteiger partial charge in [0.15, 0.2) is 0 Å². The van der Waals surface area contributed by atoms with E-state index in [0.29, 0.717) is 13.0 Å². The molecule has 0 radical (unpaired) electrons. The second kappa shape index (κ2) is 7.07. The van der Waals surface area contributed by atoms with Crippen LogP contribution in [0, 0.1) is 0 Å². The first-order chi connectivity index (χ1) is 6.66. The summed E-state index contributed by atoms with van der Waals surface area (Å²) in [5.74, 6) is 0.110. The number of rotatable bonds is 3. The molecule has 1 aliphatic rings. The molecule has 0 bridgehead atoms. The zero-order valence-electron chi connectivity index (χ0n) is 9.55. The topological polar surface area (TPSA) is 55.1 Å². The highest BCUT2D eigenvalue weighted by Crippen LogP contribution is 2.24. The highest BCUT2D eigenvalue weighted by Gasteiger charge is 2.26. The van der Waals surface area contributed by atoms with E-state index in [1.807, 2.05) is 6.92 Å². The maximum absolute atomic E-state index is 11.1. The Bertz CT molecular complexity index is 189. The van der Waals surface area contributed by atoms with Crippen molar-refractivity contribution in [3.63, 3.8) is 0 Å². The van der Waals surface area contributed by atoms with Gasteiger partial charge in [0.2, 0.25) is 5.91 Å². The average molecular weight is 235 g/mol. The summed E-state index contributed by atoms with van der Waals surface area (Å²) in [6.45, 7) is 2.52. The van der Waals surface area contributed by atoms with Crippen molar-refractivity contribution < 1.29 is 4.79 Å². The highest BCUT2D eigenvalue weighted by atomic mass is 35.5. The van der Waals surface area contributed by atoms with Gasteiger partial charge in [-0.15, -0.1) is 12.4 Å². The van der Waals surface area contributed by atoms with E-state index in [0.717, 1.165) is 12.8 Å². The van der Waals surface area contributed by atoms with Crippen LogP contribution < -0.4 is 11.1 Å². The lowest BCUT2D eigenvalue weighted by molar-refractivity contribution is -0.121. The van der Waals surface area contributed by atoms with Gasteiger partial charge < -0.3 is 11.1 Å². The Morgan fingerprint density at radius 1 is 1.27 bits per heavy atom. The van der Waals surface area contributed by atoms with Crippen molar-refractivity contribution >= 4 is 18.3 Å². The fourth-order valence-electron chi connectivity index (χ4n) is 2.01. The number of hydrogen-bond acceptors (Lipinski definition) is 2. The van der Waals surface area contributed by atoms with Gasteiger partial charge in [0.1, 0.15) is 0 Å². The Kier molecular flexibility index (Phi) is 6.94. The molecule has 1 saturated carbocycles. The molecular weight excluding hydrogens is 212 g/mol. The van der Waals surface area contributed by atoms with Gasteiger partial charge in [0.05, 0.1) is 0 Å². The van der Waals surface area contributed by atoms with E-state index in [4.69, 9.17) is 5.73 Å². The van der Waals surface area contributed by atoms with Gasteiger partial charge in [-0.2, -0.15) is 0 Å². The van der Waals surface area contributed by atoms with Crippen molar-refractivity contribution in [3.8, 4) is 0 Å². The van der Waals surface area contributed by atoms with Crippen molar-refractivity contribution in [2.24, 2.45) is 5.73 Å². The van der Waals surface area contributed by atoms with Crippen molar-refractivity contribution in [1.29, 1.82) is 0 Å². The van der Waals surface area contributed by atoms with Crippen LogP contribution >= 0.6 is 12.4 Å². The number of carbonyl (C=O) groups is 1. The summed E-state index contributed by atoms with van der Waals surface area (Å²) in [5.41, 5.74) is 6.11. The molecule has 1 fully saturated rings. The van der Waals surface area contributed by atoms with Crippen LogP contribution in [-0.2, 0) is 4.79 Å². The number of carbonyl (C=O) groups excluding carboxylic acids is 1. The molecule has 0 aromatic carbocycles. The summed E-state index contributed by atoms with van der Waals surface area (Å²) < 4.78 is 0. The third-order valence-corrected chi connectivity index (χ3v) is 3.06. The normalized spacial score (nSPS) is 19.9. The minimum Gasteiger partial charge on any atom is -0.354 e. The molecule has 0 heterocycles. The lowest BCUT2D eigenvalue weighted by Gasteiger charge is -2.28. The summed E-state index contributed by atoms with van der Waals surface area (Å²) in [6.07, 6.45) is 7.66. The Hall–Kier alpha value is -0.280. The molecule has 0 aromatic heterocycles. The van der Waals surface area contributed by atoms with Gasteiger partial charge in [-0.1, -0.05) is 32.6 Å². The molecule has 0 aromatic rings. The number of hydrogen-bond donors (Lipinski definition) is 2. The van der Waals surface area contributed by atoms with Crippen LogP contribution in [0.1, 0.15) is 51.9 Å². The molecule has 0 unspecified atom stereocenters. The third kappa shape index (κ3) is 5.38. The van der Waals surface area contributed by atoms with E-state index in [1.165, 1.54) is 25.7 Å². The number of nitrogens with one attached hydrogen (secondary N) is 1. The van der Waals surface area contributed by atoms with Gasteiger partial charge in [-0.05, 0) is 12.8 Å². The molecule has 90 valence electrons. The Balaban J connectivity index is 0.00000196. The Morgan fingerprint density at radius 3 is 2.27 bits per heavy atom. The molecule has 15 heavy (non-hydrogen) atoms. The molecular formula is C11H23ClN2O. The van der Waals surface area contributed by atoms with E-state index in [9.17, 15) is 4.79 Å². The zero-order valence-corrected chi connectivity index (χ0v) is 10.4. The molecule has 3 nitrogen and oxygen atoms in total. The largest absolute Gasteiger partial charge is 0.354 e. The Morgan fingerprint density at radius 2 is 1.80 bits per heavy atom. The monoisotopic (exact) mass is 234 g/mol. The first-order valence-corrected chi connectivity index (χ1v) is 5.72. The number of amides is 1. The van der Waals surface area contributed by atoms with E-state index < -0.39 is 0 Å². The van der Waals surface area contributed by atoms with Crippen molar-refractivity contribution in [2.45, 2.75) is 57.4 Å². The summed E-state index contributed by atoms with van der Waals surface area (Å²) in [4.78, 5) is 11.1. The van der Waals surface area contributed by atoms with E-state index in [1.54, 1.807) is 0 Å². The van der Waals surface area contributed by atoms with E-state index in [2.05, 4.69) is 5.32 Å². The van der Waals surface area contributed by atoms with Gasteiger partial charge in [-0.25, -0.2) is 0 Å². The lowest BCUT2D eigenvalue weighted by atomic mass is 9.91. The van der Waals surface area contributed by atoms with Crippen LogP contribution in [0.4, 0.5) is 0 Å². The summed E-state index contributed by atoms with van der Waals surface area (Å²) >= 11 is 0. The van der Waals surface area contributed by atoms with Gasteiger partial charge in [0.25, 0.3) is 0 Å².